The number of ether oxygens (including phenoxy) is 4. The van der Waals surface area contributed by atoms with E-state index in [9.17, 15) is 14.4 Å². The zero-order valence-electron chi connectivity index (χ0n) is 18.9. The molecule has 4 rings (SSSR count). The summed E-state index contributed by atoms with van der Waals surface area (Å²) < 4.78 is 22.6. The predicted molar refractivity (Wildman–Crippen MR) is 130 cm³/mol. The molecule has 3 aromatic carbocycles. The lowest BCUT2D eigenvalue weighted by Crippen LogP contribution is -2.38. The van der Waals surface area contributed by atoms with E-state index < -0.39 is 35.7 Å². The summed E-state index contributed by atoms with van der Waals surface area (Å²) in [6.45, 7) is -0.146. The van der Waals surface area contributed by atoms with Gasteiger partial charge in [-0.2, -0.15) is 0 Å². The van der Waals surface area contributed by atoms with E-state index >= 15 is 0 Å². The summed E-state index contributed by atoms with van der Waals surface area (Å²) >= 11 is 0.968. The van der Waals surface area contributed by atoms with Crippen molar-refractivity contribution in [3.63, 3.8) is 0 Å². The van der Waals surface area contributed by atoms with Crippen LogP contribution in [0.25, 0.3) is 0 Å². The molecular weight excluding hydrogens is 468 g/mol. The van der Waals surface area contributed by atoms with Crippen molar-refractivity contribution in [2.75, 3.05) is 13.7 Å². The van der Waals surface area contributed by atoms with Gasteiger partial charge in [0.15, 0.2) is 12.4 Å². The first-order valence-corrected chi connectivity index (χ1v) is 11.9. The number of hydrogen-bond acceptors (Lipinski definition) is 8. The third-order valence-corrected chi connectivity index (χ3v) is 6.69. The normalized spacial score (nSPS) is 21.3. The Morgan fingerprint density at radius 2 is 1.29 bits per heavy atom. The second-order valence-corrected chi connectivity index (χ2v) is 8.87. The minimum atomic E-state index is -0.941. The number of carbonyl (C=O) groups is 3. The first-order chi connectivity index (χ1) is 17.1. The first kappa shape index (κ1) is 24.7. The maximum absolute atomic E-state index is 13.0. The van der Waals surface area contributed by atoms with E-state index in [1.54, 1.807) is 84.9 Å². The molecule has 180 valence electrons. The van der Waals surface area contributed by atoms with Crippen LogP contribution in [0.1, 0.15) is 31.1 Å². The average Bonchev–Trinajstić information content (AvgIpc) is 3.24. The van der Waals surface area contributed by atoms with Gasteiger partial charge in [-0.1, -0.05) is 78.5 Å². The molecule has 0 bridgehead atoms. The number of methoxy groups -OCH3 is 1. The van der Waals surface area contributed by atoms with Crippen LogP contribution in [0.3, 0.4) is 0 Å². The minimum Gasteiger partial charge on any atom is -0.459 e. The lowest BCUT2D eigenvalue weighted by molar-refractivity contribution is -0.154. The van der Waals surface area contributed by atoms with Crippen molar-refractivity contribution < 1.29 is 33.3 Å². The fourth-order valence-corrected chi connectivity index (χ4v) is 4.76. The van der Waals surface area contributed by atoms with Crippen LogP contribution in [-0.4, -0.2) is 54.5 Å². The van der Waals surface area contributed by atoms with Gasteiger partial charge in [0, 0.05) is 12.7 Å². The van der Waals surface area contributed by atoms with E-state index in [1.165, 1.54) is 7.11 Å². The van der Waals surface area contributed by atoms with Crippen molar-refractivity contribution in [2.24, 2.45) is 0 Å². The molecule has 1 aliphatic heterocycles. The summed E-state index contributed by atoms with van der Waals surface area (Å²) in [5.74, 6) is -1.09. The van der Waals surface area contributed by atoms with Crippen molar-refractivity contribution in [3.8, 4) is 0 Å². The maximum Gasteiger partial charge on any atom is 0.338 e. The molecule has 1 heterocycles. The van der Waals surface area contributed by atoms with Crippen LogP contribution in [0.15, 0.2) is 91.0 Å². The van der Waals surface area contributed by atoms with E-state index in [4.69, 9.17) is 18.9 Å². The molecule has 1 fully saturated rings. The predicted octanol–water partition coefficient (Wildman–Crippen LogP) is 4.38. The Morgan fingerprint density at radius 1 is 0.771 bits per heavy atom. The van der Waals surface area contributed by atoms with Gasteiger partial charge in [0.05, 0.1) is 16.4 Å². The molecule has 1 aliphatic rings. The molecule has 35 heavy (non-hydrogen) atoms. The molecule has 0 spiro atoms. The van der Waals surface area contributed by atoms with Crippen molar-refractivity contribution >= 4 is 28.8 Å². The molecular formula is C27H24O7S. The Kier molecular flexibility index (Phi) is 8.31. The highest BCUT2D eigenvalue weighted by atomic mass is 32.2. The van der Waals surface area contributed by atoms with Crippen LogP contribution in [0.2, 0.25) is 0 Å². The minimum absolute atomic E-state index is 0.146. The van der Waals surface area contributed by atoms with Gasteiger partial charge < -0.3 is 18.9 Å². The number of rotatable bonds is 8. The molecule has 0 N–H and O–H groups in total. The Hall–Kier alpha value is -3.46. The summed E-state index contributed by atoms with van der Waals surface area (Å²) in [5, 5.41) is -0.903. The average molecular weight is 493 g/mol. The SMILES string of the molecule is CO[C@H]1O[C@@H](COC(=O)c2ccccc2)[C@@H](SC(=O)c2ccccc2)[C@H]1OC(=O)c1ccccc1. The highest BCUT2D eigenvalue weighted by molar-refractivity contribution is 8.14. The van der Waals surface area contributed by atoms with Crippen LogP contribution in [0.5, 0.6) is 0 Å². The number of thioether (sulfide) groups is 1. The molecule has 0 unspecified atom stereocenters. The van der Waals surface area contributed by atoms with Crippen LogP contribution in [-0.2, 0) is 18.9 Å². The summed E-state index contributed by atoms with van der Waals surface area (Å²) in [7, 11) is 1.42. The monoisotopic (exact) mass is 492 g/mol. The smallest absolute Gasteiger partial charge is 0.338 e. The fraction of sp³-hybridized carbons (Fsp3) is 0.222. The topological polar surface area (TPSA) is 88.1 Å². The second kappa shape index (κ2) is 11.8. The molecule has 7 nitrogen and oxygen atoms in total. The number of hydrogen-bond donors (Lipinski definition) is 0. The van der Waals surface area contributed by atoms with Gasteiger partial charge in [-0.15, -0.1) is 0 Å². The fourth-order valence-electron chi connectivity index (χ4n) is 3.63. The Bertz CT molecular complexity index is 1140. The van der Waals surface area contributed by atoms with Crippen molar-refractivity contribution in [1.29, 1.82) is 0 Å². The lowest BCUT2D eigenvalue weighted by Gasteiger charge is -2.23. The van der Waals surface area contributed by atoms with Crippen molar-refractivity contribution in [3.05, 3.63) is 108 Å². The van der Waals surface area contributed by atoms with Crippen LogP contribution in [0, 0.1) is 0 Å². The van der Waals surface area contributed by atoms with Gasteiger partial charge >= 0.3 is 11.9 Å². The van der Waals surface area contributed by atoms with E-state index in [2.05, 4.69) is 0 Å². The number of benzene rings is 3. The van der Waals surface area contributed by atoms with E-state index in [1.807, 2.05) is 6.07 Å². The van der Waals surface area contributed by atoms with Gasteiger partial charge in [-0.05, 0) is 24.3 Å². The van der Waals surface area contributed by atoms with Crippen LogP contribution in [0.4, 0.5) is 0 Å². The molecule has 4 atom stereocenters. The van der Waals surface area contributed by atoms with Gasteiger partial charge in [0.25, 0.3) is 0 Å². The van der Waals surface area contributed by atoms with Gasteiger partial charge in [-0.25, -0.2) is 9.59 Å². The van der Waals surface area contributed by atoms with Crippen molar-refractivity contribution in [2.45, 2.75) is 23.7 Å². The molecule has 0 saturated carbocycles. The van der Waals surface area contributed by atoms with Gasteiger partial charge in [0.1, 0.15) is 12.7 Å². The first-order valence-electron chi connectivity index (χ1n) is 11.0. The molecule has 0 amide bonds. The third kappa shape index (κ3) is 6.16. The summed E-state index contributed by atoms with van der Waals surface area (Å²) in [6, 6.07) is 25.8. The lowest BCUT2D eigenvalue weighted by atomic mass is 10.2. The van der Waals surface area contributed by atoms with Gasteiger partial charge in [0.2, 0.25) is 5.12 Å². The van der Waals surface area contributed by atoms with Gasteiger partial charge in [-0.3, -0.25) is 4.79 Å². The van der Waals surface area contributed by atoms with Crippen LogP contribution < -0.4 is 0 Å². The Labute approximate surface area is 207 Å². The standard InChI is InChI=1S/C27H24O7S/c1-31-27-22(34-25(29)19-13-7-3-8-14-19)23(35-26(30)20-15-9-4-10-16-20)21(33-27)17-32-24(28)18-11-5-2-6-12-18/h2-16,21-23,27H,17H2,1H3/t21-,22+,23+,27-/m0/s1. The van der Waals surface area contributed by atoms with E-state index in [-0.39, 0.29) is 11.7 Å². The quantitative estimate of drug-likeness (QED) is 0.428. The van der Waals surface area contributed by atoms with E-state index in [0.717, 1.165) is 11.8 Å². The molecule has 0 aliphatic carbocycles. The molecule has 1 saturated heterocycles. The van der Waals surface area contributed by atoms with Crippen molar-refractivity contribution in [1.82, 2.24) is 0 Å². The number of carbonyl (C=O) groups excluding carboxylic acids is 3. The number of esters is 2. The Balaban J connectivity index is 1.54. The highest BCUT2D eigenvalue weighted by Crippen LogP contribution is 2.36. The zero-order chi connectivity index (χ0) is 24.6. The molecule has 3 aromatic rings. The Morgan fingerprint density at radius 3 is 1.83 bits per heavy atom. The largest absolute Gasteiger partial charge is 0.459 e. The molecule has 0 radical (unpaired) electrons. The van der Waals surface area contributed by atoms with E-state index in [0.29, 0.717) is 16.7 Å². The summed E-state index contributed by atoms with van der Waals surface area (Å²) in [6.07, 6.45) is -2.60. The molecule has 0 aromatic heterocycles. The third-order valence-electron chi connectivity index (χ3n) is 5.39. The zero-order valence-corrected chi connectivity index (χ0v) is 19.8. The molecule has 8 heteroatoms. The summed E-state index contributed by atoms with van der Waals surface area (Å²) in [4.78, 5) is 38.3. The summed E-state index contributed by atoms with van der Waals surface area (Å²) in [5.41, 5.74) is 1.25. The highest BCUT2D eigenvalue weighted by Gasteiger charge is 2.49. The van der Waals surface area contributed by atoms with Crippen LogP contribution >= 0.6 is 11.8 Å². The second-order valence-electron chi connectivity index (χ2n) is 7.72. The maximum atomic E-state index is 13.0.